The molecular formula is C15H21ClN4O2. The van der Waals surface area contributed by atoms with Crippen LogP contribution in [0.3, 0.4) is 0 Å². The van der Waals surface area contributed by atoms with E-state index in [0.29, 0.717) is 12.1 Å². The molecule has 3 N–H and O–H groups in total. The Morgan fingerprint density at radius 2 is 2.05 bits per heavy atom. The maximum Gasteiger partial charge on any atom is 0.241 e. The highest BCUT2D eigenvalue weighted by Gasteiger charge is 2.16. The van der Waals surface area contributed by atoms with Crippen LogP contribution in [0.15, 0.2) is 30.5 Å². The molecule has 2 rings (SSSR count). The van der Waals surface area contributed by atoms with Gasteiger partial charge in [-0.15, -0.1) is 12.4 Å². The predicted molar refractivity (Wildman–Crippen MR) is 88.5 cm³/mol. The molecular weight excluding hydrogens is 304 g/mol. The Hall–Kier alpha value is -2.05. The number of carbonyl (C=O) groups excluding carboxylic acids is 1. The molecule has 0 aliphatic heterocycles. The van der Waals surface area contributed by atoms with Gasteiger partial charge in [0.25, 0.3) is 0 Å². The fraction of sp³-hybridized carbons (Fsp3) is 0.333. The topological polar surface area (TPSA) is 82.2 Å². The number of methoxy groups -OCH3 is 1. The summed E-state index contributed by atoms with van der Waals surface area (Å²) < 4.78 is 6.80. The molecule has 1 heterocycles. The van der Waals surface area contributed by atoms with E-state index in [-0.39, 0.29) is 18.3 Å². The van der Waals surface area contributed by atoms with Gasteiger partial charge < -0.3 is 15.8 Å². The van der Waals surface area contributed by atoms with Gasteiger partial charge in [-0.3, -0.25) is 9.48 Å². The van der Waals surface area contributed by atoms with Gasteiger partial charge in [0.05, 0.1) is 30.7 Å². The smallest absolute Gasteiger partial charge is 0.241 e. The molecule has 22 heavy (non-hydrogen) atoms. The number of nitrogens with two attached hydrogens (primary N) is 1. The molecule has 2 aromatic rings. The second kappa shape index (κ2) is 7.82. The fourth-order valence-corrected chi connectivity index (χ4v) is 1.96. The number of hydrogen-bond acceptors (Lipinski definition) is 4. The van der Waals surface area contributed by atoms with Crippen molar-refractivity contribution in [3.63, 3.8) is 0 Å². The van der Waals surface area contributed by atoms with Gasteiger partial charge in [-0.2, -0.15) is 5.10 Å². The van der Waals surface area contributed by atoms with E-state index in [2.05, 4.69) is 10.4 Å². The standard InChI is InChI=1S/C15H20N4O2.ClH/c1-10-14(9-17-19(10)2)18-15(20)13(16)8-11-4-6-12(21-3)7-5-11;/h4-7,9,13H,8,16H2,1-3H3,(H,18,20);1H/t13-;/m0./s1. The first-order valence-corrected chi connectivity index (χ1v) is 6.69. The molecule has 1 atom stereocenters. The third-order valence-corrected chi connectivity index (χ3v) is 3.44. The van der Waals surface area contributed by atoms with Gasteiger partial charge >= 0.3 is 0 Å². The molecule has 0 saturated heterocycles. The highest BCUT2D eigenvalue weighted by Crippen LogP contribution is 2.14. The number of ether oxygens (including phenoxy) is 1. The van der Waals surface area contributed by atoms with Gasteiger partial charge in [-0.25, -0.2) is 0 Å². The lowest BCUT2D eigenvalue weighted by molar-refractivity contribution is -0.117. The van der Waals surface area contributed by atoms with Crippen molar-refractivity contribution in [1.29, 1.82) is 0 Å². The lowest BCUT2D eigenvalue weighted by Crippen LogP contribution is -2.37. The molecule has 6 nitrogen and oxygen atoms in total. The minimum atomic E-state index is -0.613. The van der Waals surface area contributed by atoms with Crippen molar-refractivity contribution in [3.8, 4) is 5.75 Å². The van der Waals surface area contributed by atoms with Crippen molar-refractivity contribution >= 4 is 24.0 Å². The van der Waals surface area contributed by atoms with E-state index in [1.807, 2.05) is 38.2 Å². The van der Waals surface area contributed by atoms with Crippen LogP contribution in [0.4, 0.5) is 5.69 Å². The summed E-state index contributed by atoms with van der Waals surface area (Å²) in [6, 6.07) is 6.90. The maximum atomic E-state index is 12.1. The summed E-state index contributed by atoms with van der Waals surface area (Å²) in [7, 11) is 3.44. The zero-order chi connectivity index (χ0) is 15.4. The molecule has 0 fully saturated rings. The summed E-state index contributed by atoms with van der Waals surface area (Å²) in [5, 5.41) is 6.88. The Labute approximate surface area is 136 Å². The Morgan fingerprint density at radius 3 is 2.55 bits per heavy atom. The summed E-state index contributed by atoms with van der Waals surface area (Å²) in [5.41, 5.74) is 8.52. The maximum absolute atomic E-state index is 12.1. The van der Waals surface area contributed by atoms with Crippen molar-refractivity contribution < 1.29 is 9.53 Å². The number of nitrogens with zero attached hydrogens (tertiary/aromatic N) is 2. The summed E-state index contributed by atoms with van der Waals surface area (Å²) in [6.45, 7) is 1.89. The van der Waals surface area contributed by atoms with Crippen LogP contribution < -0.4 is 15.8 Å². The SMILES string of the molecule is COc1ccc(C[C@H](N)C(=O)Nc2cnn(C)c2C)cc1.Cl. The number of carbonyl (C=O) groups is 1. The van der Waals surface area contributed by atoms with Crippen LogP contribution >= 0.6 is 12.4 Å². The molecule has 0 radical (unpaired) electrons. The Balaban J connectivity index is 0.00000242. The van der Waals surface area contributed by atoms with Crippen molar-refractivity contribution in [3.05, 3.63) is 41.7 Å². The van der Waals surface area contributed by atoms with Crippen molar-refractivity contribution in [1.82, 2.24) is 9.78 Å². The van der Waals surface area contributed by atoms with E-state index in [9.17, 15) is 4.79 Å². The number of halogens is 1. The number of benzene rings is 1. The molecule has 1 aromatic heterocycles. The number of amides is 1. The minimum absolute atomic E-state index is 0. The normalized spacial score (nSPS) is 11.5. The summed E-state index contributed by atoms with van der Waals surface area (Å²) in [4.78, 5) is 12.1. The van der Waals surface area contributed by atoms with Gasteiger partial charge in [0.1, 0.15) is 5.75 Å². The van der Waals surface area contributed by atoms with Crippen LogP contribution in [0.25, 0.3) is 0 Å². The first-order chi connectivity index (χ1) is 10.0. The highest BCUT2D eigenvalue weighted by atomic mass is 35.5. The molecule has 120 valence electrons. The third-order valence-electron chi connectivity index (χ3n) is 3.44. The average Bonchev–Trinajstić information content (AvgIpc) is 2.80. The van der Waals surface area contributed by atoms with Crippen LogP contribution in [0, 0.1) is 6.92 Å². The fourth-order valence-electron chi connectivity index (χ4n) is 1.96. The van der Waals surface area contributed by atoms with Gasteiger partial charge in [0.15, 0.2) is 0 Å². The number of aromatic nitrogens is 2. The highest BCUT2D eigenvalue weighted by molar-refractivity contribution is 5.95. The Bertz CT molecular complexity index is 625. The van der Waals surface area contributed by atoms with E-state index >= 15 is 0 Å². The first-order valence-electron chi connectivity index (χ1n) is 6.69. The van der Waals surface area contributed by atoms with Crippen LogP contribution in [-0.2, 0) is 18.3 Å². The average molecular weight is 325 g/mol. The summed E-state index contributed by atoms with van der Waals surface area (Å²) in [6.07, 6.45) is 2.09. The van der Waals surface area contributed by atoms with Crippen molar-refractivity contribution in [2.45, 2.75) is 19.4 Å². The largest absolute Gasteiger partial charge is 0.497 e. The van der Waals surface area contributed by atoms with Gasteiger partial charge in [-0.05, 0) is 31.0 Å². The van der Waals surface area contributed by atoms with Crippen molar-refractivity contribution in [2.24, 2.45) is 12.8 Å². The Morgan fingerprint density at radius 1 is 1.41 bits per heavy atom. The second-order valence-electron chi connectivity index (χ2n) is 4.92. The zero-order valence-corrected chi connectivity index (χ0v) is 13.7. The van der Waals surface area contributed by atoms with E-state index in [0.717, 1.165) is 17.0 Å². The Kier molecular flexibility index (Phi) is 6.39. The van der Waals surface area contributed by atoms with Crippen molar-refractivity contribution in [2.75, 3.05) is 12.4 Å². The van der Waals surface area contributed by atoms with Crippen LogP contribution in [0.1, 0.15) is 11.3 Å². The molecule has 1 aromatic carbocycles. The van der Waals surface area contributed by atoms with Gasteiger partial charge in [-0.1, -0.05) is 12.1 Å². The molecule has 0 saturated carbocycles. The molecule has 0 aliphatic carbocycles. The molecule has 0 unspecified atom stereocenters. The molecule has 7 heteroatoms. The van der Waals surface area contributed by atoms with E-state index in [4.69, 9.17) is 10.5 Å². The predicted octanol–water partition coefficient (Wildman–Crippen LogP) is 1.67. The number of nitrogens with one attached hydrogen (secondary N) is 1. The van der Waals surface area contributed by atoms with E-state index < -0.39 is 6.04 Å². The molecule has 0 bridgehead atoms. The third kappa shape index (κ3) is 4.22. The zero-order valence-electron chi connectivity index (χ0n) is 12.9. The first kappa shape index (κ1) is 18.0. The van der Waals surface area contributed by atoms with Crippen LogP contribution in [-0.4, -0.2) is 28.8 Å². The number of rotatable bonds is 5. The van der Waals surface area contributed by atoms with E-state index in [1.165, 1.54) is 0 Å². The molecule has 1 amide bonds. The quantitative estimate of drug-likeness (QED) is 0.876. The second-order valence-corrected chi connectivity index (χ2v) is 4.92. The van der Waals surface area contributed by atoms with Gasteiger partial charge in [0.2, 0.25) is 5.91 Å². The number of hydrogen-bond donors (Lipinski definition) is 2. The lowest BCUT2D eigenvalue weighted by Gasteiger charge is -2.12. The summed E-state index contributed by atoms with van der Waals surface area (Å²) >= 11 is 0. The lowest BCUT2D eigenvalue weighted by atomic mass is 10.1. The number of aryl methyl sites for hydroxylation is 1. The monoisotopic (exact) mass is 324 g/mol. The van der Waals surface area contributed by atoms with Crippen LogP contribution in [0.5, 0.6) is 5.75 Å². The van der Waals surface area contributed by atoms with Gasteiger partial charge in [0, 0.05) is 7.05 Å². The number of anilines is 1. The molecule has 0 aliphatic rings. The molecule has 0 spiro atoms. The van der Waals surface area contributed by atoms with Crippen LogP contribution in [0.2, 0.25) is 0 Å². The summed E-state index contributed by atoms with van der Waals surface area (Å²) in [5.74, 6) is 0.560. The minimum Gasteiger partial charge on any atom is -0.497 e. The van der Waals surface area contributed by atoms with E-state index in [1.54, 1.807) is 18.0 Å².